The molecule has 172 valence electrons. The molecule has 12 heteroatoms. The maximum Gasteiger partial charge on any atom is 0.330 e. The lowest BCUT2D eigenvalue weighted by Crippen LogP contribution is -2.56. The molecule has 1 unspecified atom stereocenters. The van der Waals surface area contributed by atoms with Crippen LogP contribution in [0.5, 0.6) is 0 Å². The Labute approximate surface area is 181 Å². The van der Waals surface area contributed by atoms with Crippen molar-refractivity contribution >= 4 is 11.9 Å². The van der Waals surface area contributed by atoms with Gasteiger partial charge in [0.15, 0.2) is 12.3 Å². The zero-order valence-electron chi connectivity index (χ0n) is 16.8. The number of hydrogen-bond acceptors (Lipinski definition) is 8. The summed E-state index contributed by atoms with van der Waals surface area (Å²) in [5.74, 6) is -2.30. The molecule has 6 atom stereocenters. The number of amides is 1. The number of aromatic nitrogens is 2. The van der Waals surface area contributed by atoms with Gasteiger partial charge in [-0.1, -0.05) is 30.3 Å². The molecule has 0 saturated carbocycles. The molecule has 1 saturated heterocycles. The predicted molar refractivity (Wildman–Crippen MR) is 110 cm³/mol. The Morgan fingerprint density at radius 2 is 1.84 bits per heavy atom. The fourth-order valence-corrected chi connectivity index (χ4v) is 3.46. The molecule has 7 N–H and O–H groups in total. The minimum absolute atomic E-state index is 0.244. The number of ether oxygens (including phenoxy) is 1. The molecule has 2 aromatic rings. The summed E-state index contributed by atoms with van der Waals surface area (Å²) in [7, 11) is 0. The second-order valence-electron chi connectivity index (χ2n) is 7.45. The van der Waals surface area contributed by atoms with Gasteiger partial charge in [0.25, 0.3) is 5.56 Å². The summed E-state index contributed by atoms with van der Waals surface area (Å²) in [6.07, 6.45) is -4.74. The maximum atomic E-state index is 12.5. The molecule has 2 heterocycles. The number of carbonyl (C=O) groups is 2. The molecule has 32 heavy (non-hydrogen) atoms. The van der Waals surface area contributed by atoms with Gasteiger partial charge in [-0.05, 0) is 18.4 Å². The number of carbonyl (C=O) groups excluding carboxylic acids is 1. The number of rotatable bonds is 8. The van der Waals surface area contributed by atoms with Crippen LogP contribution in [0.2, 0.25) is 0 Å². The summed E-state index contributed by atoms with van der Waals surface area (Å²) in [6, 6.07) is 7.49. The molecular formula is C20H24N4O8. The lowest BCUT2D eigenvalue weighted by molar-refractivity contribution is -0.149. The summed E-state index contributed by atoms with van der Waals surface area (Å²) in [5, 5.41) is 32.5. The Bertz CT molecular complexity index is 1070. The zero-order valence-corrected chi connectivity index (χ0v) is 16.8. The molecule has 3 rings (SSSR count). The van der Waals surface area contributed by atoms with Crippen LogP contribution < -0.4 is 22.3 Å². The number of benzene rings is 1. The van der Waals surface area contributed by atoms with Crippen molar-refractivity contribution in [3.63, 3.8) is 0 Å². The summed E-state index contributed by atoms with van der Waals surface area (Å²) in [4.78, 5) is 49.4. The van der Waals surface area contributed by atoms with E-state index in [0.29, 0.717) is 6.42 Å². The highest BCUT2D eigenvalue weighted by Crippen LogP contribution is 2.30. The van der Waals surface area contributed by atoms with E-state index in [1.165, 1.54) is 0 Å². The molecule has 0 aliphatic carbocycles. The van der Waals surface area contributed by atoms with Crippen LogP contribution in [0.4, 0.5) is 0 Å². The highest BCUT2D eigenvalue weighted by Gasteiger charge is 2.50. The van der Waals surface area contributed by atoms with E-state index in [0.717, 1.165) is 22.4 Å². The van der Waals surface area contributed by atoms with E-state index >= 15 is 0 Å². The van der Waals surface area contributed by atoms with Crippen molar-refractivity contribution in [3.05, 3.63) is 69.0 Å². The third kappa shape index (κ3) is 5.11. The van der Waals surface area contributed by atoms with Crippen molar-refractivity contribution in [2.24, 2.45) is 5.73 Å². The van der Waals surface area contributed by atoms with Gasteiger partial charge in [-0.3, -0.25) is 19.1 Å². The van der Waals surface area contributed by atoms with Gasteiger partial charge in [0.05, 0.1) is 6.04 Å². The van der Waals surface area contributed by atoms with Crippen LogP contribution in [0.1, 0.15) is 18.2 Å². The molecule has 1 fully saturated rings. The van der Waals surface area contributed by atoms with Gasteiger partial charge < -0.3 is 31.1 Å². The molecule has 0 radical (unpaired) electrons. The topological polar surface area (TPSA) is 197 Å². The van der Waals surface area contributed by atoms with Crippen molar-refractivity contribution in [2.45, 2.75) is 49.5 Å². The van der Waals surface area contributed by atoms with Crippen LogP contribution in [-0.2, 0) is 20.7 Å². The highest BCUT2D eigenvalue weighted by atomic mass is 16.6. The van der Waals surface area contributed by atoms with Gasteiger partial charge in [0.1, 0.15) is 18.3 Å². The lowest BCUT2D eigenvalue weighted by atomic mass is 10.0. The predicted octanol–water partition coefficient (Wildman–Crippen LogP) is -2.31. The minimum atomic E-state index is -1.75. The van der Waals surface area contributed by atoms with Crippen LogP contribution in [0, 0.1) is 0 Å². The lowest BCUT2D eigenvalue weighted by Gasteiger charge is -2.24. The number of aliphatic hydroxyl groups is 2. The molecule has 1 aliphatic rings. The average molecular weight is 448 g/mol. The first kappa shape index (κ1) is 23.3. The number of aliphatic hydroxyl groups excluding tert-OH is 2. The Morgan fingerprint density at radius 1 is 1.16 bits per heavy atom. The van der Waals surface area contributed by atoms with Gasteiger partial charge in [0, 0.05) is 12.3 Å². The van der Waals surface area contributed by atoms with Gasteiger partial charge in [-0.25, -0.2) is 9.59 Å². The average Bonchev–Trinajstić information content (AvgIpc) is 3.05. The van der Waals surface area contributed by atoms with Crippen LogP contribution >= 0.6 is 0 Å². The van der Waals surface area contributed by atoms with Crippen molar-refractivity contribution in [1.29, 1.82) is 0 Å². The monoisotopic (exact) mass is 448 g/mol. The molecular weight excluding hydrogens is 424 g/mol. The van der Waals surface area contributed by atoms with Gasteiger partial charge in [-0.2, -0.15) is 0 Å². The molecule has 1 amide bonds. The number of H-pyrrole nitrogens is 1. The quantitative estimate of drug-likeness (QED) is 0.257. The van der Waals surface area contributed by atoms with Crippen LogP contribution in [0.15, 0.2) is 52.2 Å². The summed E-state index contributed by atoms with van der Waals surface area (Å²) in [5.41, 5.74) is 5.24. The second kappa shape index (κ2) is 9.87. The Hall–Kier alpha value is -3.32. The molecule has 1 aliphatic heterocycles. The number of carboxylic acid groups (broad SMARTS) is 1. The third-order valence-corrected chi connectivity index (χ3v) is 5.22. The van der Waals surface area contributed by atoms with E-state index in [-0.39, 0.29) is 6.42 Å². The van der Waals surface area contributed by atoms with Crippen LogP contribution in [0.25, 0.3) is 0 Å². The largest absolute Gasteiger partial charge is 0.480 e. The molecule has 1 aromatic carbocycles. The number of nitrogens with two attached hydrogens (primary N) is 1. The Balaban J connectivity index is 1.70. The first-order valence-corrected chi connectivity index (χ1v) is 9.85. The van der Waals surface area contributed by atoms with E-state index in [9.17, 15) is 34.5 Å². The number of nitrogens with one attached hydrogen (secondary N) is 2. The second-order valence-corrected chi connectivity index (χ2v) is 7.45. The first-order chi connectivity index (χ1) is 15.2. The molecule has 1 aromatic heterocycles. The van der Waals surface area contributed by atoms with E-state index in [4.69, 9.17) is 10.5 Å². The van der Waals surface area contributed by atoms with Crippen LogP contribution in [-0.4, -0.2) is 67.1 Å². The van der Waals surface area contributed by atoms with Crippen molar-refractivity contribution in [2.75, 3.05) is 0 Å². The van der Waals surface area contributed by atoms with Gasteiger partial charge >= 0.3 is 11.7 Å². The minimum Gasteiger partial charge on any atom is -0.480 e. The van der Waals surface area contributed by atoms with Gasteiger partial charge in [-0.15, -0.1) is 0 Å². The highest BCUT2D eigenvalue weighted by molar-refractivity contribution is 5.87. The third-order valence-electron chi connectivity index (χ3n) is 5.22. The van der Waals surface area contributed by atoms with Crippen LogP contribution in [0.3, 0.4) is 0 Å². The summed E-state index contributed by atoms with van der Waals surface area (Å²) in [6.45, 7) is 0. The fourth-order valence-electron chi connectivity index (χ4n) is 3.46. The van der Waals surface area contributed by atoms with E-state index in [1.807, 2.05) is 35.3 Å². The molecule has 0 bridgehead atoms. The van der Waals surface area contributed by atoms with Crippen molar-refractivity contribution in [3.8, 4) is 0 Å². The van der Waals surface area contributed by atoms with Crippen molar-refractivity contribution < 1.29 is 29.6 Å². The number of aliphatic carboxylic acids is 1. The molecule has 12 nitrogen and oxygen atoms in total. The maximum absolute atomic E-state index is 12.5. The zero-order chi connectivity index (χ0) is 23.4. The summed E-state index contributed by atoms with van der Waals surface area (Å²) >= 11 is 0. The Morgan fingerprint density at radius 3 is 2.47 bits per heavy atom. The standard InChI is InChI=1S/C20H24N4O8/c21-11(7-6-10-4-2-1-3-5-10)17(28)23-13(19(29)30)16-14(26)15(27)18(32-16)24-9-8-12(25)22-20(24)31/h1-5,8-9,11,13-16,18,26-27H,6-7,21H2,(H,23,28)(H,29,30)(H,22,25,31)/t11-,13-,14-,15+,16?,18+/m0/s1. The summed E-state index contributed by atoms with van der Waals surface area (Å²) < 4.78 is 6.24. The molecule has 0 spiro atoms. The van der Waals surface area contributed by atoms with E-state index in [2.05, 4.69) is 5.32 Å². The number of carboxylic acids is 1. The Kier molecular flexibility index (Phi) is 7.20. The van der Waals surface area contributed by atoms with Gasteiger partial charge in [0.2, 0.25) is 5.91 Å². The van der Waals surface area contributed by atoms with Crippen molar-refractivity contribution in [1.82, 2.24) is 14.9 Å². The normalized spacial score (nSPS) is 24.6. The fraction of sp³-hybridized carbons (Fsp3) is 0.400. The number of aryl methyl sites for hydroxylation is 1. The van der Waals surface area contributed by atoms with E-state index in [1.54, 1.807) is 0 Å². The number of nitrogens with zero attached hydrogens (tertiary/aromatic N) is 1. The number of hydrogen-bond donors (Lipinski definition) is 6. The SMILES string of the molecule is N[C@@H](CCc1ccccc1)C(=O)N[C@H](C(=O)O)C1O[C@@H](n2ccc(=O)[nH]c2=O)[C@H](O)[C@@H]1O. The number of aromatic amines is 1. The smallest absolute Gasteiger partial charge is 0.330 e. The first-order valence-electron chi connectivity index (χ1n) is 9.85. The van der Waals surface area contributed by atoms with E-state index < -0.39 is 59.7 Å².